The summed E-state index contributed by atoms with van der Waals surface area (Å²) in [5.74, 6) is -0.868. The van der Waals surface area contributed by atoms with Gasteiger partial charge in [0.2, 0.25) is 0 Å². The van der Waals surface area contributed by atoms with Crippen LogP contribution in [0.5, 0.6) is 5.75 Å². The molecule has 4 aromatic rings. The van der Waals surface area contributed by atoms with Crippen LogP contribution >= 0.6 is 0 Å². The molecule has 0 unspecified atom stereocenters. The summed E-state index contributed by atoms with van der Waals surface area (Å²) in [6, 6.07) is 26.3. The number of imide groups is 2. The molecular weight excluding hydrogens is 440 g/mol. The molecule has 1 aliphatic heterocycles. The van der Waals surface area contributed by atoms with Crippen molar-refractivity contribution in [2.45, 2.75) is 6.92 Å². The van der Waals surface area contributed by atoms with Gasteiger partial charge in [-0.25, -0.2) is 14.6 Å². The molecule has 0 bridgehead atoms. The molecule has 1 aliphatic rings. The lowest BCUT2D eigenvalue weighted by Gasteiger charge is -2.34. The van der Waals surface area contributed by atoms with Crippen LogP contribution in [0.1, 0.15) is 11.1 Å². The maximum Gasteiger partial charge on any atom is 0.343 e. The van der Waals surface area contributed by atoms with Gasteiger partial charge in [0.05, 0.1) is 18.5 Å². The van der Waals surface area contributed by atoms with Gasteiger partial charge in [-0.05, 0) is 42.7 Å². The molecule has 4 aromatic carbocycles. The second-order valence-electron chi connectivity index (χ2n) is 8.20. The van der Waals surface area contributed by atoms with Gasteiger partial charge in [-0.1, -0.05) is 72.3 Å². The lowest BCUT2D eigenvalue weighted by atomic mass is 10.0. The zero-order valence-electron chi connectivity index (χ0n) is 19.3. The van der Waals surface area contributed by atoms with Gasteiger partial charge in [-0.2, -0.15) is 0 Å². The van der Waals surface area contributed by atoms with E-state index in [-0.39, 0.29) is 5.57 Å². The SMILES string of the molecule is COc1ccccc1/C=C1\C(=O)N(c2ccc(C)cc2)C(=O)N(c2cccc3ccccc23)C1=O. The molecule has 0 aromatic heterocycles. The largest absolute Gasteiger partial charge is 0.496 e. The van der Waals surface area contributed by atoms with Gasteiger partial charge < -0.3 is 4.74 Å². The highest BCUT2D eigenvalue weighted by atomic mass is 16.5. The lowest BCUT2D eigenvalue weighted by Crippen LogP contribution is -2.57. The summed E-state index contributed by atoms with van der Waals surface area (Å²) in [5, 5.41) is 1.60. The van der Waals surface area contributed by atoms with E-state index in [9.17, 15) is 14.4 Å². The van der Waals surface area contributed by atoms with E-state index in [2.05, 4.69) is 0 Å². The summed E-state index contributed by atoms with van der Waals surface area (Å²) in [5.41, 5.74) is 2.20. The smallest absolute Gasteiger partial charge is 0.343 e. The maximum atomic E-state index is 13.8. The zero-order chi connectivity index (χ0) is 24.5. The molecule has 172 valence electrons. The fourth-order valence-electron chi connectivity index (χ4n) is 4.21. The molecule has 5 rings (SSSR count). The molecule has 6 heteroatoms. The number of hydrogen-bond acceptors (Lipinski definition) is 4. The minimum absolute atomic E-state index is 0.136. The molecule has 0 atom stereocenters. The van der Waals surface area contributed by atoms with Crippen molar-refractivity contribution in [1.29, 1.82) is 0 Å². The number of benzene rings is 4. The first kappa shape index (κ1) is 22.1. The first-order chi connectivity index (χ1) is 17.0. The van der Waals surface area contributed by atoms with Crippen LogP contribution in [0.25, 0.3) is 16.8 Å². The van der Waals surface area contributed by atoms with Gasteiger partial charge in [0, 0.05) is 10.9 Å². The molecular formula is C29H22N2O4. The average molecular weight is 463 g/mol. The molecule has 6 nitrogen and oxygen atoms in total. The van der Waals surface area contributed by atoms with Crippen LogP contribution in [0.15, 0.2) is 96.6 Å². The Morgan fingerprint density at radius 1 is 0.714 bits per heavy atom. The van der Waals surface area contributed by atoms with Crippen LogP contribution in [0.2, 0.25) is 0 Å². The van der Waals surface area contributed by atoms with Crippen molar-refractivity contribution in [2.24, 2.45) is 0 Å². The third-order valence-electron chi connectivity index (χ3n) is 5.99. The molecule has 4 amide bonds. The standard InChI is InChI=1S/C29H22N2O4/c1-19-14-16-22(17-15-19)30-27(32)24(18-21-9-4-6-13-26(21)35-2)28(33)31(29(30)34)25-12-7-10-20-8-3-5-11-23(20)25/h3-18H,1-2H3/b24-18+. The van der Waals surface area contributed by atoms with Crippen molar-refractivity contribution in [1.82, 2.24) is 0 Å². The van der Waals surface area contributed by atoms with Crippen LogP contribution in [0.3, 0.4) is 0 Å². The van der Waals surface area contributed by atoms with E-state index in [4.69, 9.17) is 4.74 Å². The number of anilines is 2. The summed E-state index contributed by atoms with van der Waals surface area (Å²) in [4.78, 5) is 43.3. The van der Waals surface area contributed by atoms with E-state index in [1.165, 1.54) is 13.2 Å². The minimum Gasteiger partial charge on any atom is -0.496 e. The summed E-state index contributed by atoms with van der Waals surface area (Å²) in [6.45, 7) is 1.92. The first-order valence-electron chi connectivity index (χ1n) is 11.1. The van der Waals surface area contributed by atoms with E-state index in [0.717, 1.165) is 26.1 Å². The summed E-state index contributed by atoms with van der Waals surface area (Å²) >= 11 is 0. The number of carbonyl (C=O) groups is 3. The zero-order valence-corrected chi connectivity index (χ0v) is 19.3. The number of urea groups is 1. The van der Waals surface area contributed by atoms with Crippen LogP contribution in [0.4, 0.5) is 16.2 Å². The van der Waals surface area contributed by atoms with E-state index >= 15 is 0 Å². The number of carbonyl (C=O) groups excluding carboxylic acids is 3. The normalized spacial score (nSPS) is 15.3. The van der Waals surface area contributed by atoms with E-state index in [0.29, 0.717) is 22.7 Å². The van der Waals surface area contributed by atoms with Crippen molar-refractivity contribution in [3.8, 4) is 5.75 Å². The summed E-state index contributed by atoms with van der Waals surface area (Å²) < 4.78 is 5.41. The highest BCUT2D eigenvalue weighted by Crippen LogP contribution is 2.34. The Morgan fingerprint density at radius 2 is 1.37 bits per heavy atom. The van der Waals surface area contributed by atoms with Crippen LogP contribution in [-0.4, -0.2) is 25.0 Å². The Morgan fingerprint density at radius 3 is 2.14 bits per heavy atom. The third kappa shape index (κ3) is 3.85. The van der Waals surface area contributed by atoms with Gasteiger partial charge in [0.15, 0.2) is 0 Å². The Balaban J connectivity index is 1.73. The highest BCUT2D eigenvalue weighted by molar-refractivity contribution is 6.46. The number of nitrogens with zero attached hydrogens (tertiary/aromatic N) is 2. The molecule has 1 fully saturated rings. The predicted octanol–water partition coefficient (Wildman–Crippen LogP) is 5.74. The van der Waals surface area contributed by atoms with Crippen LogP contribution in [-0.2, 0) is 9.59 Å². The molecule has 0 spiro atoms. The van der Waals surface area contributed by atoms with E-state index < -0.39 is 17.8 Å². The van der Waals surface area contributed by atoms with Gasteiger partial charge >= 0.3 is 6.03 Å². The van der Waals surface area contributed by atoms with Crippen molar-refractivity contribution < 1.29 is 19.1 Å². The summed E-state index contributed by atoms with van der Waals surface area (Å²) in [6.07, 6.45) is 1.48. The molecule has 0 saturated carbocycles. The number of barbiturate groups is 1. The number of aryl methyl sites for hydroxylation is 1. The van der Waals surface area contributed by atoms with Crippen LogP contribution < -0.4 is 14.5 Å². The third-order valence-corrected chi connectivity index (χ3v) is 5.99. The van der Waals surface area contributed by atoms with Gasteiger partial charge in [-0.15, -0.1) is 0 Å². The lowest BCUT2D eigenvalue weighted by molar-refractivity contribution is -0.121. The molecule has 1 saturated heterocycles. The first-order valence-corrected chi connectivity index (χ1v) is 11.1. The van der Waals surface area contributed by atoms with Gasteiger partial charge in [0.1, 0.15) is 11.3 Å². The van der Waals surface area contributed by atoms with Crippen molar-refractivity contribution in [3.05, 3.63) is 108 Å². The molecule has 0 N–H and O–H groups in total. The average Bonchev–Trinajstić information content (AvgIpc) is 2.88. The van der Waals surface area contributed by atoms with E-state index in [1.807, 2.05) is 49.4 Å². The maximum absolute atomic E-state index is 13.8. The van der Waals surface area contributed by atoms with E-state index in [1.54, 1.807) is 48.5 Å². The predicted molar refractivity (Wildman–Crippen MR) is 136 cm³/mol. The number of hydrogen-bond donors (Lipinski definition) is 0. The number of para-hydroxylation sites is 1. The number of rotatable bonds is 4. The second kappa shape index (κ2) is 8.91. The topological polar surface area (TPSA) is 66.9 Å². The monoisotopic (exact) mass is 462 g/mol. The Hall–Kier alpha value is -4.71. The van der Waals surface area contributed by atoms with Crippen LogP contribution in [0, 0.1) is 6.92 Å². The number of ether oxygens (including phenoxy) is 1. The van der Waals surface area contributed by atoms with Crippen molar-refractivity contribution in [2.75, 3.05) is 16.9 Å². The second-order valence-corrected chi connectivity index (χ2v) is 8.20. The molecule has 35 heavy (non-hydrogen) atoms. The molecule has 0 aliphatic carbocycles. The fraction of sp³-hybridized carbons (Fsp3) is 0.0690. The Kier molecular flexibility index (Phi) is 5.63. The number of amides is 4. The molecule has 0 radical (unpaired) electrons. The van der Waals surface area contributed by atoms with Crippen molar-refractivity contribution >= 4 is 46.1 Å². The quantitative estimate of drug-likeness (QED) is 0.287. The summed E-state index contributed by atoms with van der Waals surface area (Å²) in [7, 11) is 1.52. The minimum atomic E-state index is -0.725. The number of fused-ring (bicyclic) bond motifs is 1. The number of methoxy groups -OCH3 is 1. The molecule has 1 heterocycles. The Bertz CT molecular complexity index is 1500. The van der Waals surface area contributed by atoms with Gasteiger partial charge in [-0.3, -0.25) is 9.59 Å². The van der Waals surface area contributed by atoms with Gasteiger partial charge in [0.25, 0.3) is 11.8 Å². The Labute approximate surface area is 202 Å². The highest BCUT2D eigenvalue weighted by Gasteiger charge is 2.44. The fourth-order valence-corrected chi connectivity index (χ4v) is 4.21. The van der Waals surface area contributed by atoms with Crippen molar-refractivity contribution in [3.63, 3.8) is 0 Å².